The number of aromatic nitrogens is 3. The van der Waals surface area contributed by atoms with Crippen LogP contribution >= 0.6 is 11.3 Å². The lowest BCUT2D eigenvalue weighted by atomic mass is 9.68. The number of rotatable bonds is 7. The number of carboxylic acids is 1. The molecule has 0 radical (unpaired) electrons. The molecule has 5 rings (SSSR count). The fraction of sp³-hybridized carbons (Fsp3) is 0.448. The van der Waals surface area contributed by atoms with E-state index in [1.54, 1.807) is 43.3 Å². The molecule has 2 aromatic heterocycles. The molecule has 3 atom stereocenters. The lowest BCUT2D eigenvalue weighted by molar-refractivity contribution is -0.155. The fourth-order valence-electron chi connectivity index (χ4n) is 5.51. The van der Waals surface area contributed by atoms with Crippen LogP contribution in [0.1, 0.15) is 41.0 Å². The van der Waals surface area contributed by atoms with E-state index < -0.39 is 34.7 Å². The van der Waals surface area contributed by atoms with Crippen LogP contribution in [-0.4, -0.2) is 69.3 Å². The average Bonchev–Trinajstić information content (AvgIpc) is 3.41. The summed E-state index contributed by atoms with van der Waals surface area (Å²) in [4.78, 5) is 46.3. The van der Waals surface area contributed by atoms with Gasteiger partial charge >= 0.3 is 12.0 Å². The van der Waals surface area contributed by atoms with E-state index in [1.807, 2.05) is 44.7 Å². The van der Waals surface area contributed by atoms with Gasteiger partial charge in [0, 0.05) is 36.8 Å². The summed E-state index contributed by atoms with van der Waals surface area (Å²) < 4.78 is 6.89. The largest absolute Gasteiger partial charge is 0.481 e. The van der Waals surface area contributed by atoms with Crippen molar-refractivity contribution in [3.63, 3.8) is 0 Å². The summed E-state index contributed by atoms with van der Waals surface area (Å²) in [6, 6.07) is 3.39. The molecule has 3 aromatic rings. The zero-order valence-electron chi connectivity index (χ0n) is 24.3. The number of nitrogens with one attached hydrogen (secondary N) is 3. The maximum atomic E-state index is 13.2. The molecule has 1 saturated heterocycles. The molecule has 0 saturated carbocycles. The molecule has 2 amide bonds. The number of carbonyl (C=O) groups excluding carboxylic acids is 1. The van der Waals surface area contributed by atoms with Gasteiger partial charge in [-0.25, -0.2) is 19.8 Å². The van der Waals surface area contributed by atoms with Crippen LogP contribution in [0.4, 0.5) is 10.5 Å². The predicted molar refractivity (Wildman–Crippen MR) is 163 cm³/mol. The normalized spacial score (nSPS) is 24.0. The Morgan fingerprint density at radius 3 is 2.83 bits per heavy atom. The molecule has 0 spiro atoms. The predicted octanol–water partition coefficient (Wildman–Crippen LogP) is 4.01. The Labute approximate surface area is 248 Å². The Morgan fingerprint density at radius 2 is 2.10 bits per heavy atom. The molecule has 42 heavy (non-hydrogen) atoms. The van der Waals surface area contributed by atoms with E-state index in [0.717, 1.165) is 10.3 Å². The molecule has 2 aliphatic heterocycles. The molecule has 12 nitrogen and oxygen atoms in total. The summed E-state index contributed by atoms with van der Waals surface area (Å²) >= 11 is 1.48. The lowest BCUT2D eigenvalue weighted by Crippen LogP contribution is -2.71. The van der Waals surface area contributed by atoms with E-state index in [-0.39, 0.29) is 0 Å². The number of benzene rings is 1. The van der Waals surface area contributed by atoms with Crippen LogP contribution in [0, 0.1) is 11.3 Å². The third-order valence-electron chi connectivity index (χ3n) is 7.50. The Kier molecular flexibility index (Phi) is 7.90. The summed E-state index contributed by atoms with van der Waals surface area (Å²) in [7, 11) is 0. The van der Waals surface area contributed by atoms with Gasteiger partial charge in [-0.05, 0) is 65.8 Å². The van der Waals surface area contributed by atoms with Crippen LogP contribution in [0.5, 0.6) is 5.88 Å². The number of carboxylic acid groups (broad SMARTS) is 1. The minimum absolute atomic E-state index is 0.320. The van der Waals surface area contributed by atoms with Crippen LogP contribution in [0.3, 0.4) is 0 Å². The van der Waals surface area contributed by atoms with Crippen LogP contribution < -0.4 is 25.6 Å². The van der Waals surface area contributed by atoms with E-state index in [0.29, 0.717) is 48.8 Å². The Morgan fingerprint density at radius 1 is 1.29 bits per heavy atom. The number of piperidine rings is 1. The number of urea groups is 1. The summed E-state index contributed by atoms with van der Waals surface area (Å²) in [5.41, 5.74) is 2.84. The number of anilines is 1. The number of ether oxygens (including phenoxy) is 1. The molecule has 2 aliphatic rings. The molecule has 1 aromatic carbocycles. The van der Waals surface area contributed by atoms with Crippen molar-refractivity contribution in [1.82, 2.24) is 30.9 Å². The molecule has 0 aliphatic carbocycles. The van der Waals surface area contributed by atoms with Crippen molar-refractivity contribution >= 4 is 45.5 Å². The van der Waals surface area contributed by atoms with Crippen molar-refractivity contribution in [2.24, 2.45) is 16.3 Å². The minimum atomic E-state index is -1.47. The van der Waals surface area contributed by atoms with Gasteiger partial charge in [-0.1, -0.05) is 0 Å². The number of thiazole rings is 1. The van der Waals surface area contributed by atoms with Gasteiger partial charge in [-0.3, -0.25) is 15.1 Å². The molecule has 1 fully saturated rings. The number of aliphatic carboxylic acids is 1. The molecule has 3 unspecified atom stereocenters. The monoisotopic (exact) mass is 592 g/mol. The van der Waals surface area contributed by atoms with E-state index in [9.17, 15) is 14.7 Å². The maximum absolute atomic E-state index is 13.2. The van der Waals surface area contributed by atoms with Crippen LogP contribution in [0.2, 0.25) is 0 Å². The lowest BCUT2D eigenvalue weighted by Gasteiger charge is -2.52. The first-order valence-electron chi connectivity index (χ1n) is 13.9. The first-order valence-corrected chi connectivity index (χ1v) is 14.7. The van der Waals surface area contributed by atoms with Gasteiger partial charge in [-0.15, -0.1) is 11.3 Å². The quantitative estimate of drug-likeness (QED) is 0.319. The first-order chi connectivity index (χ1) is 20.0. The smallest absolute Gasteiger partial charge is 0.318 e. The molecular weight excluding hydrogens is 556 g/mol. The number of allylic oxidation sites excluding steroid dienone is 1. The standard InChI is InChI=1S/C29H36N8O4S/c1-6-32-26(40)36-29(22-15-30-10-8-28(22,5)25(38)39)34-9-7-11-37(29)18-12-19(24-20(13-18)33-17-42-24)21-14-31-16-23(35-21)41-27(2,3)4/h7,9,11-14,16-17,22,30H,6,8,10,15H2,1-5H3,(H,38,39)(H2,32,36,40). The Hall–Kier alpha value is -4.10. The number of nitrogens with zero attached hydrogens (tertiary/aromatic N) is 5. The highest BCUT2D eigenvalue weighted by atomic mass is 32.1. The van der Waals surface area contributed by atoms with E-state index >= 15 is 0 Å². The third-order valence-corrected chi connectivity index (χ3v) is 8.38. The molecule has 13 heteroatoms. The van der Waals surface area contributed by atoms with E-state index in [4.69, 9.17) is 14.7 Å². The van der Waals surface area contributed by atoms with Crippen LogP contribution in [-0.2, 0) is 4.79 Å². The minimum Gasteiger partial charge on any atom is -0.481 e. The van der Waals surface area contributed by atoms with Crippen molar-refractivity contribution in [1.29, 1.82) is 0 Å². The number of hydrogen-bond acceptors (Lipinski definition) is 10. The molecule has 222 valence electrons. The summed E-state index contributed by atoms with van der Waals surface area (Å²) in [5, 5.41) is 19.6. The number of carbonyl (C=O) groups is 2. The topological polar surface area (TPSA) is 154 Å². The van der Waals surface area contributed by atoms with Crippen molar-refractivity contribution in [2.45, 2.75) is 52.4 Å². The summed E-state index contributed by atoms with van der Waals surface area (Å²) in [5.74, 6) is -2.68. The van der Waals surface area contributed by atoms with Crippen LogP contribution in [0.15, 0.2) is 47.3 Å². The zero-order chi connectivity index (χ0) is 30.1. The van der Waals surface area contributed by atoms with Gasteiger partial charge in [0.2, 0.25) is 11.7 Å². The number of fused-ring (bicyclic) bond motifs is 1. The van der Waals surface area contributed by atoms with E-state index in [1.165, 1.54) is 11.3 Å². The van der Waals surface area contributed by atoms with Crippen molar-refractivity contribution < 1.29 is 19.4 Å². The summed E-state index contributed by atoms with van der Waals surface area (Å²) in [6.45, 7) is 10.6. The SMILES string of the molecule is CCNC(=O)NC1(C2CNCCC2(C)C(=O)O)N=CC=CN1c1cc(-c2cncc(OC(C)(C)C)n2)c2scnc2c1. The number of hydrogen-bond donors (Lipinski definition) is 4. The number of amides is 2. The van der Waals surface area contributed by atoms with Gasteiger partial charge in [0.05, 0.1) is 45.1 Å². The second-order valence-electron chi connectivity index (χ2n) is 11.6. The fourth-order valence-corrected chi connectivity index (χ4v) is 6.30. The third kappa shape index (κ3) is 5.53. The molecule has 4 heterocycles. The maximum Gasteiger partial charge on any atom is 0.318 e. The highest BCUT2D eigenvalue weighted by Crippen LogP contribution is 2.46. The second-order valence-corrected chi connectivity index (χ2v) is 12.4. The van der Waals surface area contributed by atoms with Gasteiger partial charge in [-0.2, -0.15) is 0 Å². The Bertz CT molecular complexity index is 1550. The van der Waals surface area contributed by atoms with Crippen LogP contribution in [0.25, 0.3) is 21.5 Å². The van der Waals surface area contributed by atoms with Gasteiger partial charge in [0.25, 0.3) is 0 Å². The molecular formula is C29H36N8O4S. The molecule has 4 N–H and O–H groups in total. The first kappa shape index (κ1) is 29.4. The average molecular weight is 593 g/mol. The Balaban J connectivity index is 1.69. The van der Waals surface area contributed by atoms with Gasteiger partial charge in [0.15, 0.2) is 0 Å². The van der Waals surface area contributed by atoms with Crippen molar-refractivity contribution in [2.75, 3.05) is 24.5 Å². The van der Waals surface area contributed by atoms with E-state index in [2.05, 4.69) is 25.9 Å². The van der Waals surface area contributed by atoms with Gasteiger partial charge in [0.1, 0.15) is 5.60 Å². The van der Waals surface area contributed by atoms with Crippen molar-refractivity contribution in [3.05, 3.63) is 42.3 Å². The highest BCUT2D eigenvalue weighted by Gasteiger charge is 2.57. The zero-order valence-corrected chi connectivity index (χ0v) is 25.2. The summed E-state index contributed by atoms with van der Waals surface area (Å²) in [6.07, 6.45) is 8.78. The molecule has 0 bridgehead atoms. The van der Waals surface area contributed by atoms with Gasteiger partial charge < -0.3 is 25.4 Å². The highest BCUT2D eigenvalue weighted by molar-refractivity contribution is 7.17. The number of aliphatic imine (C=N–C) groups is 1. The van der Waals surface area contributed by atoms with Crippen molar-refractivity contribution in [3.8, 4) is 17.1 Å². The second kappa shape index (κ2) is 11.3.